The lowest BCUT2D eigenvalue weighted by Crippen LogP contribution is -2.43. The largest absolute Gasteiger partial charge is 0.492 e. The number of rotatable bonds is 2. The number of aromatic nitrogens is 4. The fourth-order valence-corrected chi connectivity index (χ4v) is 2.16. The molecular weight excluding hydrogens is 275 g/mol. The molecule has 0 aromatic carbocycles. The quantitative estimate of drug-likeness (QED) is 0.521. The van der Waals surface area contributed by atoms with E-state index in [4.69, 9.17) is 9.84 Å². The van der Waals surface area contributed by atoms with Crippen LogP contribution < -0.4 is 0 Å². The molecule has 0 radical (unpaired) electrons. The maximum absolute atomic E-state index is 14.2. The topological polar surface area (TPSA) is 134 Å². The van der Waals surface area contributed by atoms with Gasteiger partial charge in [0.1, 0.15) is 18.5 Å². The molecule has 4 atom stereocenters. The van der Waals surface area contributed by atoms with Crippen LogP contribution in [0.25, 0.3) is 11.2 Å². The van der Waals surface area contributed by atoms with Crippen LogP contribution in [0.4, 0.5) is 4.39 Å². The number of nitrogens with zero attached hydrogens (tertiary/aromatic N) is 4. The molecule has 1 saturated heterocycles. The van der Waals surface area contributed by atoms with E-state index in [-0.39, 0.29) is 11.2 Å². The highest BCUT2D eigenvalue weighted by Gasteiger charge is 2.57. The highest BCUT2D eigenvalue weighted by molar-refractivity contribution is 5.75. The van der Waals surface area contributed by atoms with E-state index in [1.807, 2.05) is 0 Å². The first-order chi connectivity index (χ1) is 9.46. The average molecular weight is 286 g/mol. The molecule has 108 valence electrons. The van der Waals surface area contributed by atoms with Gasteiger partial charge in [0.2, 0.25) is 5.88 Å². The molecule has 4 N–H and O–H groups in total. The van der Waals surface area contributed by atoms with Crippen LogP contribution >= 0.6 is 0 Å². The van der Waals surface area contributed by atoms with Gasteiger partial charge in [0.25, 0.3) is 5.85 Å². The van der Waals surface area contributed by atoms with E-state index < -0.39 is 36.8 Å². The zero-order chi connectivity index (χ0) is 14.5. The molecule has 9 nitrogen and oxygen atoms in total. The third-order valence-electron chi connectivity index (χ3n) is 3.19. The van der Waals surface area contributed by atoms with E-state index in [0.29, 0.717) is 0 Å². The zero-order valence-corrected chi connectivity index (χ0v) is 9.96. The first-order valence-corrected chi connectivity index (χ1v) is 5.69. The summed E-state index contributed by atoms with van der Waals surface area (Å²) in [4.78, 5) is 11.1. The Labute approximate surface area is 110 Å². The van der Waals surface area contributed by atoms with Gasteiger partial charge in [0.05, 0.1) is 12.9 Å². The number of aliphatic hydroxyl groups excluding tert-OH is 2. The van der Waals surface area contributed by atoms with E-state index in [2.05, 4.69) is 15.0 Å². The molecule has 20 heavy (non-hydrogen) atoms. The van der Waals surface area contributed by atoms with E-state index in [1.165, 1.54) is 0 Å². The van der Waals surface area contributed by atoms with Crippen LogP contribution in [0.5, 0.6) is 5.88 Å². The van der Waals surface area contributed by atoms with Crippen molar-refractivity contribution in [3.8, 4) is 5.88 Å². The van der Waals surface area contributed by atoms with Gasteiger partial charge in [-0.3, -0.25) is 4.57 Å². The molecule has 10 heteroatoms. The van der Waals surface area contributed by atoms with Crippen LogP contribution in [0.2, 0.25) is 0 Å². The number of fused-ring (bicyclic) bond motifs is 1. The maximum atomic E-state index is 14.2. The van der Waals surface area contributed by atoms with E-state index in [9.17, 15) is 19.7 Å². The number of alkyl halides is 1. The van der Waals surface area contributed by atoms with Crippen molar-refractivity contribution >= 4 is 11.2 Å². The molecule has 3 rings (SSSR count). The first-order valence-electron chi connectivity index (χ1n) is 5.69. The Hall–Kier alpha value is -1.88. The molecule has 3 heterocycles. The van der Waals surface area contributed by atoms with E-state index >= 15 is 0 Å². The maximum Gasteiger partial charge on any atom is 0.281 e. The lowest BCUT2D eigenvalue weighted by Gasteiger charge is -2.22. The lowest BCUT2D eigenvalue weighted by molar-refractivity contribution is -0.195. The molecule has 0 spiro atoms. The second-order valence-electron chi connectivity index (χ2n) is 4.40. The van der Waals surface area contributed by atoms with Gasteiger partial charge in [-0.05, 0) is 0 Å². The number of aromatic hydroxyl groups is 1. The Balaban J connectivity index is 2.10. The Bertz CT molecular complexity index is 648. The Morgan fingerprint density at radius 2 is 2.15 bits per heavy atom. The number of hydrogen-bond donors (Lipinski definition) is 4. The third-order valence-corrected chi connectivity index (χ3v) is 3.19. The van der Waals surface area contributed by atoms with Gasteiger partial charge >= 0.3 is 0 Å². The minimum absolute atomic E-state index is 0.00571. The molecule has 0 amide bonds. The van der Waals surface area contributed by atoms with Crippen molar-refractivity contribution in [3.05, 3.63) is 12.7 Å². The van der Waals surface area contributed by atoms with Gasteiger partial charge in [-0.2, -0.15) is 4.98 Å². The van der Waals surface area contributed by atoms with Crippen LogP contribution in [-0.2, 0) is 4.74 Å². The van der Waals surface area contributed by atoms with Gasteiger partial charge < -0.3 is 25.2 Å². The van der Waals surface area contributed by atoms with Crippen molar-refractivity contribution in [1.29, 1.82) is 0 Å². The summed E-state index contributed by atoms with van der Waals surface area (Å²) in [5.41, 5.74) is 0.0122. The third kappa shape index (κ3) is 1.66. The SMILES string of the molecule is OC[C@H]1O[C@@H](n2cnc3c(O)ncnc32)[C@@](O)(F)[C@@H]1O. The Kier molecular flexibility index (Phi) is 2.83. The van der Waals surface area contributed by atoms with Gasteiger partial charge in [-0.1, -0.05) is 0 Å². The summed E-state index contributed by atoms with van der Waals surface area (Å²) >= 11 is 0. The summed E-state index contributed by atoms with van der Waals surface area (Å²) in [5, 5.41) is 37.8. The number of halogens is 1. The van der Waals surface area contributed by atoms with Crippen molar-refractivity contribution < 1.29 is 29.6 Å². The number of hydrogen-bond acceptors (Lipinski definition) is 8. The monoisotopic (exact) mass is 286 g/mol. The molecule has 0 aliphatic carbocycles. The Morgan fingerprint density at radius 1 is 1.40 bits per heavy atom. The fourth-order valence-electron chi connectivity index (χ4n) is 2.16. The van der Waals surface area contributed by atoms with Crippen molar-refractivity contribution in [2.75, 3.05) is 6.61 Å². The molecule has 1 fully saturated rings. The molecule has 2 aromatic heterocycles. The normalized spacial score (nSPS) is 33.9. The van der Waals surface area contributed by atoms with Gasteiger partial charge in [-0.15, -0.1) is 0 Å². The first kappa shape index (κ1) is 13.1. The molecule has 0 bridgehead atoms. The lowest BCUT2D eigenvalue weighted by atomic mass is 10.1. The van der Waals surface area contributed by atoms with Crippen molar-refractivity contribution in [3.63, 3.8) is 0 Å². The average Bonchev–Trinajstić information content (AvgIpc) is 2.92. The molecule has 0 saturated carbocycles. The zero-order valence-electron chi connectivity index (χ0n) is 9.96. The minimum Gasteiger partial charge on any atom is -0.492 e. The van der Waals surface area contributed by atoms with Crippen molar-refractivity contribution in [1.82, 2.24) is 19.5 Å². The molecule has 1 aliphatic rings. The number of imidazole rings is 1. The highest BCUT2D eigenvalue weighted by Crippen LogP contribution is 2.40. The predicted octanol–water partition coefficient (Wildman–Crippen LogP) is -1.56. The number of aliphatic hydroxyl groups is 3. The highest BCUT2D eigenvalue weighted by atomic mass is 19.2. The summed E-state index contributed by atoms with van der Waals surface area (Å²) < 4.78 is 20.3. The molecular formula is C10H11FN4O5. The summed E-state index contributed by atoms with van der Waals surface area (Å²) in [6.45, 7) is -0.670. The van der Waals surface area contributed by atoms with Crippen LogP contribution in [0, 0.1) is 0 Å². The smallest absolute Gasteiger partial charge is 0.281 e. The predicted molar refractivity (Wildman–Crippen MR) is 60.0 cm³/mol. The molecule has 0 unspecified atom stereocenters. The standard InChI is InChI=1S/C10H11FN4O5/c11-10(19)6(17)4(1-16)20-9(10)15-3-14-5-7(15)12-2-13-8(5)18/h2-4,6,9,16-17,19H,1H2,(H,12,13,18)/t4-,6-,9-,10-/m1/s1. The van der Waals surface area contributed by atoms with Crippen molar-refractivity contribution in [2.24, 2.45) is 0 Å². The van der Waals surface area contributed by atoms with Crippen LogP contribution in [0.1, 0.15) is 6.23 Å². The van der Waals surface area contributed by atoms with E-state index in [0.717, 1.165) is 17.2 Å². The summed E-state index contributed by atoms with van der Waals surface area (Å²) in [6, 6.07) is 0. The Morgan fingerprint density at radius 3 is 2.80 bits per heavy atom. The second kappa shape index (κ2) is 4.31. The van der Waals surface area contributed by atoms with Crippen LogP contribution in [-0.4, -0.2) is 64.6 Å². The van der Waals surface area contributed by atoms with Gasteiger partial charge in [0, 0.05) is 0 Å². The summed E-state index contributed by atoms with van der Waals surface area (Å²) in [6.07, 6.45) is -2.76. The van der Waals surface area contributed by atoms with Crippen molar-refractivity contribution in [2.45, 2.75) is 24.3 Å². The summed E-state index contributed by atoms with van der Waals surface area (Å²) in [7, 11) is 0. The fraction of sp³-hybridized carbons (Fsp3) is 0.500. The summed E-state index contributed by atoms with van der Waals surface area (Å²) in [5.74, 6) is -3.55. The van der Waals surface area contributed by atoms with Gasteiger partial charge in [-0.25, -0.2) is 14.4 Å². The molecule has 2 aromatic rings. The minimum atomic E-state index is -3.14. The van der Waals surface area contributed by atoms with Crippen LogP contribution in [0.15, 0.2) is 12.7 Å². The van der Waals surface area contributed by atoms with E-state index in [1.54, 1.807) is 0 Å². The number of ether oxygens (including phenoxy) is 1. The van der Waals surface area contributed by atoms with Crippen LogP contribution in [0.3, 0.4) is 0 Å². The van der Waals surface area contributed by atoms with Gasteiger partial charge in [0.15, 0.2) is 17.4 Å². The molecule has 1 aliphatic heterocycles. The second-order valence-corrected chi connectivity index (χ2v) is 4.40.